The van der Waals surface area contributed by atoms with E-state index in [0.29, 0.717) is 18.7 Å². The van der Waals surface area contributed by atoms with Crippen LogP contribution < -0.4 is 9.62 Å². The van der Waals surface area contributed by atoms with Crippen LogP contribution in [0.15, 0.2) is 24.4 Å². The third-order valence-corrected chi connectivity index (χ3v) is 7.05. The number of aromatic nitrogens is 2. The van der Waals surface area contributed by atoms with Crippen LogP contribution in [0.2, 0.25) is 0 Å². The standard InChI is InChI=1S/C20H26N4O3S/c1-2-11-28(26,27)23-15-5-3-14(4-6-15)18-12-19(24(13-25)16-7-8-16)22-20-17(18)9-10-21-20/h3,9-10,12-13,15-16,23H,2,4-8,11H2,1H3,(H,21,22). The topological polar surface area (TPSA) is 95.2 Å². The molecule has 0 saturated heterocycles. The number of anilines is 1. The fraction of sp³-hybridized carbons (Fsp3) is 0.500. The molecule has 150 valence electrons. The van der Waals surface area contributed by atoms with Crippen LogP contribution in [-0.4, -0.2) is 42.6 Å². The number of fused-ring (bicyclic) bond motifs is 1. The van der Waals surface area contributed by atoms with E-state index in [1.54, 1.807) is 4.90 Å². The minimum atomic E-state index is -3.20. The average molecular weight is 403 g/mol. The van der Waals surface area contributed by atoms with E-state index in [-0.39, 0.29) is 17.8 Å². The van der Waals surface area contributed by atoms with Crippen molar-refractivity contribution in [2.24, 2.45) is 0 Å². The molecule has 1 atom stereocenters. The molecule has 2 aromatic rings. The highest BCUT2D eigenvalue weighted by Crippen LogP contribution is 2.36. The van der Waals surface area contributed by atoms with Gasteiger partial charge in [-0.05, 0) is 61.8 Å². The number of carbonyl (C=O) groups excluding carboxylic acids is 1. The van der Waals surface area contributed by atoms with E-state index in [2.05, 4.69) is 20.8 Å². The quantitative estimate of drug-likeness (QED) is 0.664. The highest BCUT2D eigenvalue weighted by atomic mass is 32.2. The molecule has 0 bridgehead atoms. The summed E-state index contributed by atoms with van der Waals surface area (Å²) in [6.07, 6.45) is 9.71. The number of amides is 1. The molecule has 28 heavy (non-hydrogen) atoms. The number of aromatic amines is 1. The summed E-state index contributed by atoms with van der Waals surface area (Å²) in [5, 5.41) is 1.03. The average Bonchev–Trinajstić information content (AvgIpc) is 3.38. The number of hydrogen-bond donors (Lipinski definition) is 2. The second-order valence-electron chi connectivity index (χ2n) is 7.65. The lowest BCUT2D eigenvalue weighted by molar-refractivity contribution is -0.107. The van der Waals surface area contributed by atoms with Gasteiger partial charge in [0.05, 0.1) is 5.75 Å². The van der Waals surface area contributed by atoms with Crippen LogP contribution >= 0.6 is 0 Å². The molecule has 1 unspecified atom stereocenters. The van der Waals surface area contributed by atoms with Crippen LogP contribution in [0.3, 0.4) is 0 Å². The Labute approximate surface area is 165 Å². The number of carbonyl (C=O) groups is 1. The van der Waals surface area contributed by atoms with E-state index in [9.17, 15) is 13.2 Å². The van der Waals surface area contributed by atoms with Gasteiger partial charge >= 0.3 is 0 Å². The van der Waals surface area contributed by atoms with Crippen LogP contribution in [0.4, 0.5) is 5.82 Å². The van der Waals surface area contributed by atoms with Crippen molar-refractivity contribution < 1.29 is 13.2 Å². The lowest BCUT2D eigenvalue weighted by Crippen LogP contribution is -2.37. The van der Waals surface area contributed by atoms with Gasteiger partial charge in [-0.25, -0.2) is 18.1 Å². The highest BCUT2D eigenvalue weighted by Gasteiger charge is 2.31. The molecule has 2 aromatic heterocycles. The predicted molar refractivity (Wildman–Crippen MR) is 110 cm³/mol. The fourth-order valence-corrected chi connectivity index (χ4v) is 5.25. The molecule has 0 radical (unpaired) electrons. The van der Waals surface area contributed by atoms with E-state index >= 15 is 0 Å². The van der Waals surface area contributed by atoms with E-state index in [0.717, 1.165) is 48.7 Å². The predicted octanol–water partition coefficient (Wildman–Crippen LogP) is 2.95. The van der Waals surface area contributed by atoms with Gasteiger partial charge in [0.25, 0.3) is 0 Å². The van der Waals surface area contributed by atoms with Crippen molar-refractivity contribution in [2.75, 3.05) is 10.7 Å². The molecular formula is C20H26N4O3S. The van der Waals surface area contributed by atoms with E-state index < -0.39 is 10.0 Å². The van der Waals surface area contributed by atoms with Gasteiger partial charge < -0.3 is 4.98 Å². The Morgan fingerprint density at radius 1 is 1.36 bits per heavy atom. The Kier molecular flexibility index (Phi) is 5.25. The Balaban J connectivity index is 1.60. The normalized spacial score (nSPS) is 20.2. The van der Waals surface area contributed by atoms with Gasteiger partial charge in [0.1, 0.15) is 11.5 Å². The molecule has 0 aliphatic heterocycles. The van der Waals surface area contributed by atoms with Crippen molar-refractivity contribution >= 4 is 38.9 Å². The molecular weight excluding hydrogens is 376 g/mol. The molecule has 1 fully saturated rings. The van der Waals surface area contributed by atoms with Crippen LogP contribution in [0.25, 0.3) is 16.6 Å². The lowest BCUT2D eigenvalue weighted by Gasteiger charge is -2.24. The first-order chi connectivity index (χ1) is 13.5. The minimum absolute atomic E-state index is 0.0544. The second kappa shape index (κ2) is 7.67. The molecule has 2 aliphatic carbocycles. The zero-order valence-electron chi connectivity index (χ0n) is 16.0. The molecule has 2 aliphatic rings. The lowest BCUT2D eigenvalue weighted by atomic mass is 9.90. The summed E-state index contributed by atoms with van der Waals surface area (Å²) in [5.74, 6) is 0.842. The van der Waals surface area contributed by atoms with Gasteiger partial charge in [-0.3, -0.25) is 9.69 Å². The first kappa shape index (κ1) is 19.1. The van der Waals surface area contributed by atoms with Gasteiger partial charge in [-0.15, -0.1) is 0 Å². The number of nitrogens with zero attached hydrogens (tertiary/aromatic N) is 2. The van der Waals surface area contributed by atoms with Crippen LogP contribution in [-0.2, 0) is 14.8 Å². The number of rotatable bonds is 8. The highest BCUT2D eigenvalue weighted by molar-refractivity contribution is 7.89. The third-order valence-electron chi connectivity index (χ3n) is 5.41. The molecule has 2 N–H and O–H groups in total. The molecule has 1 saturated carbocycles. The Hall–Kier alpha value is -2.19. The second-order valence-corrected chi connectivity index (χ2v) is 9.52. The Morgan fingerprint density at radius 3 is 2.82 bits per heavy atom. The molecule has 0 aromatic carbocycles. The summed E-state index contributed by atoms with van der Waals surface area (Å²) in [7, 11) is -3.20. The maximum absolute atomic E-state index is 12.0. The zero-order chi connectivity index (χ0) is 19.7. The Bertz CT molecular complexity index is 1010. The maximum Gasteiger partial charge on any atom is 0.215 e. The van der Waals surface area contributed by atoms with Gasteiger partial charge in [0.2, 0.25) is 16.4 Å². The van der Waals surface area contributed by atoms with Crippen molar-refractivity contribution in [2.45, 2.75) is 57.5 Å². The fourth-order valence-electron chi connectivity index (χ4n) is 3.87. The number of pyridine rings is 1. The largest absolute Gasteiger partial charge is 0.346 e. The number of allylic oxidation sites excluding steroid dienone is 1. The van der Waals surface area contributed by atoms with E-state index in [4.69, 9.17) is 0 Å². The molecule has 4 rings (SSSR count). The van der Waals surface area contributed by atoms with Gasteiger partial charge in [0, 0.05) is 23.7 Å². The first-order valence-electron chi connectivity index (χ1n) is 9.92. The number of sulfonamides is 1. The number of H-pyrrole nitrogens is 1. The molecule has 0 spiro atoms. The van der Waals surface area contributed by atoms with Crippen molar-refractivity contribution in [3.8, 4) is 0 Å². The molecule has 1 amide bonds. The van der Waals surface area contributed by atoms with Gasteiger partial charge in [-0.2, -0.15) is 0 Å². The van der Waals surface area contributed by atoms with Crippen molar-refractivity contribution in [3.63, 3.8) is 0 Å². The van der Waals surface area contributed by atoms with Crippen molar-refractivity contribution in [3.05, 3.63) is 30.0 Å². The van der Waals surface area contributed by atoms with Crippen molar-refractivity contribution in [1.29, 1.82) is 0 Å². The monoisotopic (exact) mass is 402 g/mol. The van der Waals surface area contributed by atoms with Crippen molar-refractivity contribution in [1.82, 2.24) is 14.7 Å². The van der Waals surface area contributed by atoms with Gasteiger partial charge in [-0.1, -0.05) is 13.0 Å². The van der Waals surface area contributed by atoms with Crippen LogP contribution in [0.1, 0.15) is 51.0 Å². The summed E-state index contributed by atoms with van der Waals surface area (Å²) in [6, 6.07) is 4.20. The van der Waals surface area contributed by atoms with Crippen LogP contribution in [0, 0.1) is 0 Å². The Morgan fingerprint density at radius 2 is 2.18 bits per heavy atom. The summed E-state index contributed by atoms with van der Waals surface area (Å²) in [4.78, 5) is 21.1. The summed E-state index contributed by atoms with van der Waals surface area (Å²) in [6.45, 7) is 1.87. The van der Waals surface area contributed by atoms with E-state index in [1.165, 1.54) is 5.57 Å². The summed E-state index contributed by atoms with van der Waals surface area (Å²) in [5.41, 5.74) is 3.02. The summed E-state index contributed by atoms with van der Waals surface area (Å²) >= 11 is 0. The first-order valence-corrected chi connectivity index (χ1v) is 11.6. The number of nitrogens with one attached hydrogen (secondary N) is 2. The van der Waals surface area contributed by atoms with E-state index in [1.807, 2.05) is 25.3 Å². The van der Waals surface area contributed by atoms with Crippen LogP contribution in [0.5, 0.6) is 0 Å². The van der Waals surface area contributed by atoms with Gasteiger partial charge in [0.15, 0.2) is 0 Å². The molecule has 8 heteroatoms. The molecule has 7 nitrogen and oxygen atoms in total. The maximum atomic E-state index is 12.0. The SMILES string of the molecule is CCCS(=O)(=O)NC1CC=C(c2cc(N(C=O)C3CC3)nc3[nH]ccc23)CC1. The minimum Gasteiger partial charge on any atom is -0.346 e. The smallest absolute Gasteiger partial charge is 0.215 e. The third kappa shape index (κ3) is 3.98. The number of hydrogen-bond acceptors (Lipinski definition) is 4. The zero-order valence-corrected chi connectivity index (χ0v) is 16.8. The molecule has 2 heterocycles. The summed E-state index contributed by atoms with van der Waals surface area (Å²) < 4.78 is 26.9.